The minimum Gasteiger partial charge on any atom is -0.493 e. The summed E-state index contributed by atoms with van der Waals surface area (Å²) < 4.78 is 6.95. The number of anilines is 1. The van der Waals surface area contributed by atoms with Gasteiger partial charge in [-0.05, 0) is 48.4 Å². The van der Waals surface area contributed by atoms with E-state index in [2.05, 4.69) is 15.3 Å². The topological polar surface area (TPSA) is 84.3 Å². The molecule has 2 heterocycles. The van der Waals surface area contributed by atoms with Gasteiger partial charge in [-0.1, -0.05) is 30.3 Å². The number of fused-ring (bicyclic) bond motifs is 1. The molecular formula is C25H25N3O3S. The molecule has 7 heteroatoms. The third kappa shape index (κ3) is 5.62. The predicted octanol–water partition coefficient (Wildman–Crippen LogP) is 5.16. The second-order valence-corrected chi connectivity index (χ2v) is 8.59. The van der Waals surface area contributed by atoms with E-state index >= 15 is 0 Å². The van der Waals surface area contributed by atoms with Gasteiger partial charge in [0.1, 0.15) is 11.6 Å². The molecule has 0 bridgehead atoms. The van der Waals surface area contributed by atoms with Gasteiger partial charge in [0.05, 0.1) is 28.3 Å². The molecular weight excluding hydrogens is 422 g/mol. The zero-order valence-corrected chi connectivity index (χ0v) is 18.6. The summed E-state index contributed by atoms with van der Waals surface area (Å²) in [6.07, 6.45) is 1.39. The van der Waals surface area contributed by atoms with Gasteiger partial charge in [-0.3, -0.25) is 4.79 Å². The maximum atomic E-state index is 11.5. The fraction of sp³-hybridized carbons (Fsp3) is 0.240. The van der Waals surface area contributed by atoms with Crippen LogP contribution in [0, 0.1) is 0 Å². The SMILES string of the molecule is CNc1cccc(CCOc2ccc(CC(CC(=O)O)c3nc4ccccc4s3)cc2)n1. The van der Waals surface area contributed by atoms with Gasteiger partial charge in [0, 0.05) is 25.1 Å². The third-order valence-corrected chi connectivity index (χ3v) is 6.37. The number of ether oxygens (including phenoxy) is 1. The van der Waals surface area contributed by atoms with Crippen LogP contribution < -0.4 is 10.1 Å². The number of hydrogen-bond acceptors (Lipinski definition) is 6. The Balaban J connectivity index is 1.38. The summed E-state index contributed by atoms with van der Waals surface area (Å²) in [6, 6.07) is 21.7. The zero-order chi connectivity index (χ0) is 22.3. The number of nitrogens with zero attached hydrogens (tertiary/aromatic N) is 2. The van der Waals surface area contributed by atoms with Crippen molar-refractivity contribution >= 4 is 33.3 Å². The molecule has 1 atom stereocenters. The van der Waals surface area contributed by atoms with Crippen LogP contribution in [0.4, 0.5) is 5.82 Å². The van der Waals surface area contributed by atoms with Gasteiger partial charge in [0.25, 0.3) is 0 Å². The molecule has 0 spiro atoms. The van der Waals surface area contributed by atoms with E-state index in [4.69, 9.17) is 4.74 Å². The number of carboxylic acid groups (broad SMARTS) is 1. The first-order valence-electron chi connectivity index (χ1n) is 10.5. The Hall–Kier alpha value is -3.45. The molecule has 0 amide bonds. The van der Waals surface area contributed by atoms with Crippen molar-refractivity contribution < 1.29 is 14.6 Å². The van der Waals surface area contributed by atoms with E-state index in [1.54, 1.807) is 11.3 Å². The van der Waals surface area contributed by atoms with E-state index in [1.165, 1.54) is 0 Å². The van der Waals surface area contributed by atoms with E-state index in [9.17, 15) is 9.90 Å². The lowest BCUT2D eigenvalue weighted by atomic mass is 9.96. The summed E-state index contributed by atoms with van der Waals surface area (Å²) in [6.45, 7) is 0.535. The Labute approximate surface area is 190 Å². The number of aromatic nitrogens is 2. The van der Waals surface area contributed by atoms with Crippen molar-refractivity contribution in [2.45, 2.75) is 25.2 Å². The summed E-state index contributed by atoms with van der Waals surface area (Å²) in [5, 5.41) is 13.3. The van der Waals surface area contributed by atoms with Crippen molar-refractivity contribution in [2.75, 3.05) is 19.0 Å². The van der Waals surface area contributed by atoms with Gasteiger partial charge in [-0.15, -0.1) is 11.3 Å². The van der Waals surface area contributed by atoms with E-state index in [0.717, 1.165) is 44.5 Å². The van der Waals surface area contributed by atoms with Crippen LogP contribution in [0.2, 0.25) is 0 Å². The predicted molar refractivity (Wildman–Crippen MR) is 128 cm³/mol. The van der Waals surface area contributed by atoms with E-state index in [1.807, 2.05) is 73.8 Å². The Morgan fingerprint density at radius 3 is 2.62 bits per heavy atom. The van der Waals surface area contributed by atoms with Crippen LogP contribution in [-0.2, 0) is 17.6 Å². The third-order valence-electron chi connectivity index (χ3n) is 5.18. The Morgan fingerprint density at radius 1 is 1.06 bits per heavy atom. The van der Waals surface area contributed by atoms with Crippen LogP contribution >= 0.6 is 11.3 Å². The highest BCUT2D eigenvalue weighted by molar-refractivity contribution is 7.18. The number of pyridine rings is 1. The standard InChI is InChI=1S/C25H25N3O3S/c1-26-23-8-4-5-19(27-23)13-14-31-20-11-9-17(10-12-20)15-18(16-24(29)30)25-28-21-6-2-3-7-22(21)32-25/h2-12,18H,13-16H2,1H3,(H,26,27)(H,29,30). The second kappa shape index (κ2) is 10.2. The van der Waals surface area contributed by atoms with E-state index in [-0.39, 0.29) is 12.3 Å². The molecule has 1 unspecified atom stereocenters. The quantitative estimate of drug-likeness (QED) is 0.350. The molecule has 4 rings (SSSR count). The fourth-order valence-corrected chi connectivity index (χ4v) is 4.63. The first-order chi connectivity index (χ1) is 15.6. The lowest BCUT2D eigenvalue weighted by Gasteiger charge is -2.13. The van der Waals surface area contributed by atoms with E-state index < -0.39 is 5.97 Å². The molecule has 6 nitrogen and oxygen atoms in total. The number of carbonyl (C=O) groups is 1. The molecule has 0 radical (unpaired) electrons. The maximum absolute atomic E-state index is 11.5. The minimum absolute atomic E-state index is 0.0523. The van der Waals surface area contributed by atoms with Gasteiger partial charge in [0.15, 0.2) is 0 Å². The molecule has 2 aromatic heterocycles. The summed E-state index contributed by atoms with van der Waals surface area (Å²) in [7, 11) is 1.85. The minimum atomic E-state index is -0.815. The largest absolute Gasteiger partial charge is 0.493 e. The number of para-hydroxylation sites is 1. The summed E-state index contributed by atoms with van der Waals surface area (Å²) in [5.41, 5.74) is 2.95. The van der Waals surface area contributed by atoms with Crippen LogP contribution in [-0.4, -0.2) is 34.7 Å². The van der Waals surface area contributed by atoms with Crippen molar-refractivity contribution in [1.29, 1.82) is 0 Å². The molecule has 4 aromatic rings. The van der Waals surface area contributed by atoms with Crippen molar-refractivity contribution in [3.63, 3.8) is 0 Å². The average molecular weight is 448 g/mol. The highest BCUT2D eigenvalue weighted by Crippen LogP contribution is 2.32. The highest BCUT2D eigenvalue weighted by Gasteiger charge is 2.20. The van der Waals surface area contributed by atoms with Crippen LogP contribution in [0.5, 0.6) is 5.75 Å². The van der Waals surface area contributed by atoms with Crippen LogP contribution in [0.15, 0.2) is 66.7 Å². The highest BCUT2D eigenvalue weighted by atomic mass is 32.1. The van der Waals surface area contributed by atoms with Gasteiger partial charge in [-0.25, -0.2) is 9.97 Å². The number of thiazole rings is 1. The van der Waals surface area contributed by atoms with E-state index in [0.29, 0.717) is 13.0 Å². The number of benzene rings is 2. The number of rotatable bonds is 10. The average Bonchev–Trinajstić information content (AvgIpc) is 3.24. The van der Waals surface area contributed by atoms with Gasteiger partial charge in [0.2, 0.25) is 0 Å². The molecule has 0 aliphatic rings. The Kier molecular flexibility index (Phi) is 6.97. The number of hydrogen-bond donors (Lipinski definition) is 2. The molecule has 164 valence electrons. The zero-order valence-electron chi connectivity index (χ0n) is 17.8. The number of carboxylic acids is 1. The molecule has 0 fully saturated rings. The fourth-order valence-electron chi connectivity index (χ4n) is 3.56. The summed E-state index contributed by atoms with van der Waals surface area (Å²) in [5.74, 6) is 0.650. The molecule has 0 aliphatic carbocycles. The molecule has 2 N–H and O–H groups in total. The Morgan fingerprint density at radius 2 is 1.88 bits per heavy atom. The molecule has 0 saturated carbocycles. The van der Waals surface area contributed by atoms with Crippen molar-refractivity contribution in [1.82, 2.24) is 9.97 Å². The molecule has 2 aromatic carbocycles. The molecule has 0 saturated heterocycles. The monoisotopic (exact) mass is 447 g/mol. The van der Waals surface area contributed by atoms with Crippen LogP contribution in [0.25, 0.3) is 10.2 Å². The first-order valence-corrected chi connectivity index (χ1v) is 11.3. The molecule has 32 heavy (non-hydrogen) atoms. The summed E-state index contributed by atoms with van der Waals surface area (Å²) >= 11 is 1.57. The smallest absolute Gasteiger partial charge is 0.304 e. The molecule has 0 aliphatic heterocycles. The lowest BCUT2D eigenvalue weighted by Crippen LogP contribution is -2.09. The second-order valence-electron chi connectivity index (χ2n) is 7.53. The van der Waals surface area contributed by atoms with Gasteiger partial charge in [-0.2, -0.15) is 0 Å². The van der Waals surface area contributed by atoms with Crippen molar-refractivity contribution in [3.05, 3.63) is 83.0 Å². The maximum Gasteiger partial charge on any atom is 0.304 e. The van der Waals surface area contributed by atoms with Crippen LogP contribution in [0.3, 0.4) is 0 Å². The van der Waals surface area contributed by atoms with Crippen molar-refractivity contribution in [3.8, 4) is 5.75 Å². The Bertz CT molecular complexity index is 1160. The first kappa shape index (κ1) is 21.8. The van der Waals surface area contributed by atoms with Crippen molar-refractivity contribution in [2.24, 2.45) is 0 Å². The van der Waals surface area contributed by atoms with Gasteiger partial charge < -0.3 is 15.2 Å². The lowest BCUT2D eigenvalue weighted by molar-refractivity contribution is -0.137. The van der Waals surface area contributed by atoms with Crippen LogP contribution in [0.1, 0.15) is 28.6 Å². The number of nitrogens with one attached hydrogen (secondary N) is 1. The number of aliphatic carboxylic acids is 1. The summed E-state index contributed by atoms with van der Waals surface area (Å²) in [4.78, 5) is 20.6. The van der Waals surface area contributed by atoms with Gasteiger partial charge >= 0.3 is 5.97 Å². The normalized spacial score (nSPS) is 11.9.